The van der Waals surface area contributed by atoms with Crippen LogP contribution in [0.5, 0.6) is 5.75 Å². The molecule has 0 aliphatic rings. The van der Waals surface area contributed by atoms with Crippen LogP contribution in [0.25, 0.3) is 11.1 Å². The van der Waals surface area contributed by atoms with Crippen molar-refractivity contribution in [1.29, 1.82) is 0 Å². The van der Waals surface area contributed by atoms with Gasteiger partial charge in [0.2, 0.25) is 5.88 Å². The molecule has 0 bridgehead atoms. The third-order valence-electron chi connectivity index (χ3n) is 2.62. The van der Waals surface area contributed by atoms with E-state index in [0.29, 0.717) is 11.1 Å². The van der Waals surface area contributed by atoms with E-state index in [-0.39, 0.29) is 17.2 Å². The number of rotatable bonds is 3. The molecule has 0 radical (unpaired) electrons. The van der Waals surface area contributed by atoms with E-state index in [1.165, 1.54) is 26.3 Å². The highest BCUT2D eigenvalue weighted by molar-refractivity contribution is 5.77. The van der Waals surface area contributed by atoms with Gasteiger partial charge in [-0.3, -0.25) is 0 Å². The molecule has 2 N–H and O–H groups in total. The Morgan fingerprint density at radius 3 is 2.61 bits per heavy atom. The Bertz CT molecular complexity index is 567. The molecule has 0 aliphatic carbocycles. The number of methoxy groups -OCH3 is 1. The van der Waals surface area contributed by atoms with Crippen molar-refractivity contribution < 1.29 is 18.0 Å². The zero-order chi connectivity index (χ0) is 13.3. The zero-order valence-electron chi connectivity index (χ0n) is 9.91. The van der Waals surface area contributed by atoms with Crippen molar-refractivity contribution in [3.8, 4) is 16.9 Å². The summed E-state index contributed by atoms with van der Waals surface area (Å²) < 4.78 is 36.8. The monoisotopic (exact) mass is 254 g/mol. The molecular formula is C12H12F2N2O2. The Balaban J connectivity index is 2.67. The van der Waals surface area contributed by atoms with E-state index in [1.807, 2.05) is 0 Å². The Morgan fingerprint density at radius 2 is 2.11 bits per heavy atom. The van der Waals surface area contributed by atoms with Crippen molar-refractivity contribution in [1.82, 2.24) is 5.16 Å². The lowest BCUT2D eigenvalue weighted by atomic mass is 10.0. The molecule has 2 aromatic rings. The van der Waals surface area contributed by atoms with Crippen molar-refractivity contribution in [2.24, 2.45) is 0 Å². The minimum atomic E-state index is -1.30. The van der Waals surface area contributed by atoms with Gasteiger partial charge in [0.15, 0.2) is 11.6 Å². The van der Waals surface area contributed by atoms with E-state index >= 15 is 0 Å². The van der Waals surface area contributed by atoms with Gasteiger partial charge in [-0.25, -0.2) is 8.78 Å². The van der Waals surface area contributed by atoms with E-state index in [0.717, 1.165) is 6.07 Å². The molecule has 0 spiro atoms. The lowest BCUT2D eigenvalue weighted by Gasteiger charge is -2.11. The first-order chi connectivity index (χ1) is 8.54. The molecule has 0 saturated carbocycles. The maximum Gasteiger partial charge on any atom is 0.230 e. The van der Waals surface area contributed by atoms with Crippen molar-refractivity contribution in [2.75, 3.05) is 12.8 Å². The number of nitrogen functional groups attached to an aromatic ring is 1. The summed E-state index contributed by atoms with van der Waals surface area (Å²) in [7, 11) is 1.32. The second-order valence-electron chi connectivity index (χ2n) is 3.80. The van der Waals surface area contributed by atoms with Crippen LogP contribution in [0.4, 0.5) is 14.7 Å². The number of nitrogens with zero attached hydrogens (tertiary/aromatic N) is 1. The van der Waals surface area contributed by atoms with Crippen molar-refractivity contribution in [3.63, 3.8) is 0 Å². The second kappa shape index (κ2) is 4.64. The lowest BCUT2D eigenvalue weighted by Crippen LogP contribution is -1.97. The maximum absolute atomic E-state index is 13.8. The fourth-order valence-electron chi connectivity index (χ4n) is 1.70. The van der Waals surface area contributed by atoms with Crippen LogP contribution in [-0.2, 0) is 0 Å². The van der Waals surface area contributed by atoms with Gasteiger partial charge in [0.25, 0.3) is 0 Å². The molecule has 1 unspecified atom stereocenters. The summed E-state index contributed by atoms with van der Waals surface area (Å²) in [6, 6.07) is 2.56. The average Bonchev–Trinajstić information content (AvgIpc) is 2.74. The molecule has 1 aromatic carbocycles. The van der Waals surface area contributed by atoms with Gasteiger partial charge in [-0.15, -0.1) is 0 Å². The first kappa shape index (κ1) is 12.3. The van der Waals surface area contributed by atoms with Gasteiger partial charge < -0.3 is 15.0 Å². The Kier molecular flexibility index (Phi) is 3.18. The van der Waals surface area contributed by atoms with Crippen LogP contribution < -0.4 is 10.5 Å². The van der Waals surface area contributed by atoms with Crippen LogP contribution >= 0.6 is 0 Å². The predicted octanol–water partition coefficient (Wildman–Crippen LogP) is 3.10. The summed E-state index contributed by atoms with van der Waals surface area (Å²) in [6.45, 7) is 1.32. The molecule has 1 atom stereocenters. The molecule has 0 saturated heterocycles. The number of benzene rings is 1. The normalized spacial score (nSPS) is 12.4. The SMILES string of the molecule is COc1c(F)cc(C(C)F)cc1-c1cnoc1N. The van der Waals surface area contributed by atoms with Gasteiger partial charge in [0, 0.05) is 5.56 Å². The lowest BCUT2D eigenvalue weighted by molar-refractivity contribution is 0.366. The van der Waals surface area contributed by atoms with Crippen LogP contribution in [0, 0.1) is 5.82 Å². The third-order valence-corrected chi connectivity index (χ3v) is 2.62. The summed E-state index contributed by atoms with van der Waals surface area (Å²) in [5, 5.41) is 3.51. The first-order valence-electron chi connectivity index (χ1n) is 5.26. The topological polar surface area (TPSA) is 61.3 Å². The molecule has 2 rings (SSSR count). The van der Waals surface area contributed by atoms with Gasteiger partial charge >= 0.3 is 0 Å². The highest BCUT2D eigenvalue weighted by Gasteiger charge is 2.19. The zero-order valence-corrected chi connectivity index (χ0v) is 9.91. The Labute approximate surface area is 102 Å². The molecule has 0 amide bonds. The number of nitrogens with two attached hydrogens (primary N) is 1. The van der Waals surface area contributed by atoms with Gasteiger partial charge in [-0.05, 0) is 24.6 Å². The summed E-state index contributed by atoms with van der Waals surface area (Å²) in [4.78, 5) is 0. The second-order valence-corrected chi connectivity index (χ2v) is 3.80. The molecule has 96 valence electrons. The van der Waals surface area contributed by atoms with E-state index in [4.69, 9.17) is 15.0 Å². The molecule has 0 fully saturated rings. The molecule has 1 aromatic heterocycles. The minimum absolute atomic E-state index is 0.0192. The van der Waals surface area contributed by atoms with Crippen LogP contribution in [0.1, 0.15) is 18.7 Å². The van der Waals surface area contributed by atoms with E-state index < -0.39 is 12.0 Å². The standard InChI is InChI=1S/C12H12F2N2O2/c1-6(13)7-3-8(9-5-16-18-12(9)15)11(17-2)10(14)4-7/h3-6H,15H2,1-2H3. The van der Waals surface area contributed by atoms with Crippen molar-refractivity contribution in [2.45, 2.75) is 13.1 Å². The van der Waals surface area contributed by atoms with E-state index in [9.17, 15) is 8.78 Å². The molecule has 18 heavy (non-hydrogen) atoms. The minimum Gasteiger partial charge on any atom is -0.493 e. The maximum atomic E-state index is 13.8. The summed E-state index contributed by atoms with van der Waals surface area (Å²) in [5.41, 5.74) is 6.45. The van der Waals surface area contributed by atoms with Gasteiger partial charge in [0.1, 0.15) is 6.17 Å². The number of aromatic nitrogens is 1. The van der Waals surface area contributed by atoms with Gasteiger partial charge in [-0.2, -0.15) is 0 Å². The Morgan fingerprint density at radius 1 is 1.39 bits per heavy atom. The quantitative estimate of drug-likeness (QED) is 0.914. The van der Waals surface area contributed by atoms with Crippen LogP contribution in [0.2, 0.25) is 0 Å². The van der Waals surface area contributed by atoms with E-state index in [2.05, 4.69) is 5.16 Å². The average molecular weight is 254 g/mol. The fourth-order valence-corrected chi connectivity index (χ4v) is 1.70. The Hall–Kier alpha value is -2.11. The molecule has 1 heterocycles. The largest absolute Gasteiger partial charge is 0.493 e. The number of hydrogen-bond acceptors (Lipinski definition) is 4. The number of hydrogen-bond donors (Lipinski definition) is 1. The van der Waals surface area contributed by atoms with Crippen LogP contribution in [-0.4, -0.2) is 12.3 Å². The smallest absolute Gasteiger partial charge is 0.230 e. The summed E-state index contributed by atoms with van der Waals surface area (Å²) in [5.74, 6) is -0.652. The third kappa shape index (κ3) is 2.01. The highest BCUT2D eigenvalue weighted by Crippen LogP contribution is 2.38. The number of halogens is 2. The predicted molar refractivity (Wildman–Crippen MR) is 62.4 cm³/mol. The molecular weight excluding hydrogens is 242 g/mol. The van der Waals surface area contributed by atoms with Gasteiger partial charge in [-0.1, -0.05) is 5.16 Å². The van der Waals surface area contributed by atoms with Crippen molar-refractivity contribution >= 4 is 5.88 Å². The number of ether oxygens (including phenoxy) is 1. The van der Waals surface area contributed by atoms with Crippen LogP contribution in [0.3, 0.4) is 0 Å². The molecule has 0 aliphatic heterocycles. The first-order valence-corrected chi connectivity index (χ1v) is 5.26. The summed E-state index contributed by atoms with van der Waals surface area (Å²) >= 11 is 0. The number of alkyl halides is 1. The van der Waals surface area contributed by atoms with Crippen molar-refractivity contribution in [3.05, 3.63) is 29.7 Å². The highest BCUT2D eigenvalue weighted by atomic mass is 19.1. The van der Waals surface area contributed by atoms with E-state index in [1.54, 1.807) is 0 Å². The number of anilines is 1. The van der Waals surface area contributed by atoms with Crippen LogP contribution in [0.15, 0.2) is 22.9 Å². The van der Waals surface area contributed by atoms with Gasteiger partial charge in [0.05, 0.1) is 18.9 Å². The molecule has 6 heteroatoms. The fraction of sp³-hybridized carbons (Fsp3) is 0.250. The summed E-state index contributed by atoms with van der Waals surface area (Å²) in [6.07, 6.45) is 0.0319. The molecule has 4 nitrogen and oxygen atoms in total.